The number of carbonyl (C=O) groups is 1. The molecule has 0 aliphatic carbocycles. The van der Waals surface area contributed by atoms with Gasteiger partial charge in [0.25, 0.3) is 5.91 Å². The number of rotatable bonds is 5. The first-order valence-electron chi connectivity index (χ1n) is 5.92. The second-order valence-corrected chi connectivity index (χ2v) is 4.13. The lowest BCUT2D eigenvalue weighted by Gasteiger charge is -2.09. The van der Waals surface area contributed by atoms with Crippen molar-refractivity contribution in [1.29, 1.82) is 0 Å². The third-order valence-corrected chi connectivity index (χ3v) is 2.77. The van der Waals surface area contributed by atoms with Gasteiger partial charge in [-0.25, -0.2) is 0 Å². The van der Waals surface area contributed by atoms with E-state index in [1.807, 2.05) is 0 Å². The van der Waals surface area contributed by atoms with Gasteiger partial charge in [0.15, 0.2) is 0 Å². The number of ether oxygens (including phenoxy) is 1. The van der Waals surface area contributed by atoms with Crippen molar-refractivity contribution in [2.45, 2.75) is 25.5 Å². The molecule has 1 aromatic heterocycles. The van der Waals surface area contributed by atoms with E-state index in [0.29, 0.717) is 25.2 Å². The van der Waals surface area contributed by atoms with Crippen molar-refractivity contribution in [2.24, 2.45) is 5.73 Å². The third-order valence-electron chi connectivity index (χ3n) is 2.77. The summed E-state index contributed by atoms with van der Waals surface area (Å²) in [5, 5.41) is 6.90. The molecule has 3 N–H and O–H groups in total. The molecule has 2 heterocycles. The Morgan fingerprint density at radius 1 is 1.71 bits per heavy atom. The molecule has 94 valence electrons. The number of amides is 1. The molecule has 2 rings (SSSR count). The number of hydrogen-bond donors (Lipinski definition) is 2. The van der Waals surface area contributed by atoms with E-state index in [-0.39, 0.29) is 12.0 Å². The van der Waals surface area contributed by atoms with Crippen LogP contribution in [0.5, 0.6) is 0 Å². The zero-order valence-corrected chi connectivity index (χ0v) is 9.76. The Balaban J connectivity index is 1.81. The summed E-state index contributed by atoms with van der Waals surface area (Å²) < 4.78 is 7.10. The van der Waals surface area contributed by atoms with Gasteiger partial charge in [-0.05, 0) is 12.8 Å². The van der Waals surface area contributed by atoms with Gasteiger partial charge >= 0.3 is 0 Å². The zero-order valence-electron chi connectivity index (χ0n) is 9.76. The van der Waals surface area contributed by atoms with E-state index in [9.17, 15) is 4.79 Å². The number of carbonyl (C=O) groups excluding carboxylic acids is 1. The second-order valence-electron chi connectivity index (χ2n) is 4.13. The highest BCUT2D eigenvalue weighted by molar-refractivity contribution is 5.93. The van der Waals surface area contributed by atoms with Gasteiger partial charge in [-0.2, -0.15) is 5.10 Å². The fourth-order valence-corrected chi connectivity index (χ4v) is 1.85. The average Bonchev–Trinajstić information content (AvgIpc) is 2.97. The molecule has 1 aliphatic heterocycles. The molecular weight excluding hydrogens is 220 g/mol. The van der Waals surface area contributed by atoms with Crippen molar-refractivity contribution < 1.29 is 9.53 Å². The van der Waals surface area contributed by atoms with E-state index in [1.165, 1.54) is 0 Å². The fraction of sp³-hybridized carbons (Fsp3) is 0.636. The molecule has 1 saturated heterocycles. The van der Waals surface area contributed by atoms with Gasteiger partial charge in [0.1, 0.15) is 0 Å². The maximum atomic E-state index is 11.8. The summed E-state index contributed by atoms with van der Waals surface area (Å²) in [5.41, 5.74) is 5.98. The number of nitrogens with two attached hydrogens (primary N) is 1. The molecule has 1 fully saturated rings. The van der Waals surface area contributed by atoms with Gasteiger partial charge in [-0.15, -0.1) is 0 Å². The summed E-state index contributed by atoms with van der Waals surface area (Å²) in [6, 6.07) is 0. The Morgan fingerprint density at radius 2 is 2.59 bits per heavy atom. The van der Waals surface area contributed by atoms with Crippen LogP contribution >= 0.6 is 0 Å². The van der Waals surface area contributed by atoms with E-state index >= 15 is 0 Å². The Kier molecular flexibility index (Phi) is 4.11. The topological polar surface area (TPSA) is 82.2 Å². The standard InChI is InChI=1S/C11H18N4O2/c12-3-4-15-8-9(6-14-15)11(16)13-7-10-2-1-5-17-10/h6,8,10H,1-5,7,12H2,(H,13,16). The number of hydrogen-bond acceptors (Lipinski definition) is 4. The summed E-state index contributed by atoms with van der Waals surface area (Å²) in [7, 11) is 0. The van der Waals surface area contributed by atoms with E-state index in [0.717, 1.165) is 19.4 Å². The summed E-state index contributed by atoms with van der Waals surface area (Å²) in [4.78, 5) is 11.8. The molecule has 0 saturated carbocycles. The van der Waals surface area contributed by atoms with Crippen LogP contribution in [0, 0.1) is 0 Å². The first kappa shape index (κ1) is 12.1. The molecule has 17 heavy (non-hydrogen) atoms. The predicted molar refractivity (Wildman–Crippen MR) is 62.6 cm³/mol. The highest BCUT2D eigenvalue weighted by Gasteiger charge is 2.17. The maximum Gasteiger partial charge on any atom is 0.254 e. The van der Waals surface area contributed by atoms with Crippen LogP contribution in [0.4, 0.5) is 0 Å². The van der Waals surface area contributed by atoms with Crippen LogP contribution in [0.15, 0.2) is 12.4 Å². The predicted octanol–water partition coefficient (Wildman–Crippen LogP) is -0.249. The quantitative estimate of drug-likeness (QED) is 0.741. The van der Waals surface area contributed by atoms with Crippen LogP contribution in [-0.4, -0.2) is 41.5 Å². The molecule has 0 aromatic carbocycles. The SMILES string of the molecule is NCCn1cc(C(=O)NCC2CCCO2)cn1. The Hall–Kier alpha value is -1.40. The van der Waals surface area contributed by atoms with Gasteiger partial charge in [0.05, 0.1) is 24.4 Å². The van der Waals surface area contributed by atoms with Gasteiger partial charge < -0.3 is 15.8 Å². The Bertz CT molecular complexity index is 371. The summed E-state index contributed by atoms with van der Waals surface area (Å²) in [6.07, 6.45) is 5.53. The van der Waals surface area contributed by atoms with E-state index in [1.54, 1.807) is 17.1 Å². The highest BCUT2D eigenvalue weighted by atomic mass is 16.5. The van der Waals surface area contributed by atoms with Crippen LogP contribution in [0.25, 0.3) is 0 Å². The van der Waals surface area contributed by atoms with E-state index in [4.69, 9.17) is 10.5 Å². The molecule has 0 spiro atoms. The smallest absolute Gasteiger partial charge is 0.254 e. The first-order valence-corrected chi connectivity index (χ1v) is 5.92. The highest BCUT2D eigenvalue weighted by Crippen LogP contribution is 2.10. The summed E-state index contributed by atoms with van der Waals surface area (Å²) in [6.45, 7) is 2.51. The van der Waals surface area contributed by atoms with Crippen molar-refractivity contribution >= 4 is 5.91 Å². The normalized spacial score (nSPS) is 19.5. The molecule has 1 aliphatic rings. The largest absolute Gasteiger partial charge is 0.376 e. The molecule has 1 amide bonds. The van der Waals surface area contributed by atoms with Gasteiger partial charge in [0, 0.05) is 25.9 Å². The van der Waals surface area contributed by atoms with E-state index in [2.05, 4.69) is 10.4 Å². The minimum atomic E-state index is -0.108. The molecule has 6 nitrogen and oxygen atoms in total. The van der Waals surface area contributed by atoms with Crippen molar-refractivity contribution in [3.8, 4) is 0 Å². The molecule has 1 aromatic rings. The van der Waals surface area contributed by atoms with Crippen LogP contribution in [0.1, 0.15) is 23.2 Å². The number of nitrogens with one attached hydrogen (secondary N) is 1. The lowest BCUT2D eigenvalue weighted by atomic mass is 10.2. The van der Waals surface area contributed by atoms with E-state index < -0.39 is 0 Å². The minimum Gasteiger partial charge on any atom is -0.376 e. The maximum absolute atomic E-state index is 11.8. The van der Waals surface area contributed by atoms with Crippen molar-refractivity contribution in [1.82, 2.24) is 15.1 Å². The average molecular weight is 238 g/mol. The molecule has 0 radical (unpaired) electrons. The van der Waals surface area contributed by atoms with Crippen LogP contribution in [0.2, 0.25) is 0 Å². The Labute approximate surface area is 100 Å². The third kappa shape index (κ3) is 3.28. The monoisotopic (exact) mass is 238 g/mol. The van der Waals surface area contributed by atoms with Crippen LogP contribution in [-0.2, 0) is 11.3 Å². The lowest BCUT2D eigenvalue weighted by molar-refractivity contribution is 0.0857. The molecule has 0 bridgehead atoms. The second kappa shape index (κ2) is 5.79. The van der Waals surface area contributed by atoms with Gasteiger partial charge in [-0.3, -0.25) is 9.48 Å². The molecule has 6 heteroatoms. The minimum absolute atomic E-state index is 0.108. The molecule has 1 unspecified atom stereocenters. The Morgan fingerprint density at radius 3 is 3.29 bits per heavy atom. The number of nitrogens with zero attached hydrogens (tertiary/aromatic N) is 2. The lowest BCUT2D eigenvalue weighted by Crippen LogP contribution is -2.31. The summed E-state index contributed by atoms with van der Waals surface area (Å²) >= 11 is 0. The number of aromatic nitrogens is 2. The van der Waals surface area contributed by atoms with Crippen LogP contribution in [0.3, 0.4) is 0 Å². The van der Waals surface area contributed by atoms with Gasteiger partial charge in [-0.1, -0.05) is 0 Å². The summed E-state index contributed by atoms with van der Waals surface area (Å²) in [5.74, 6) is -0.108. The first-order chi connectivity index (χ1) is 8.29. The van der Waals surface area contributed by atoms with Gasteiger partial charge in [0.2, 0.25) is 0 Å². The molecule has 1 atom stereocenters. The van der Waals surface area contributed by atoms with Crippen LogP contribution < -0.4 is 11.1 Å². The zero-order chi connectivity index (χ0) is 12.1. The van der Waals surface area contributed by atoms with Crippen molar-refractivity contribution in [2.75, 3.05) is 19.7 Å². The molecular formula is C11H18N4O2. The van der Waals surface area contributed by atoms with Crippen molar-refractivity contribution in [3.63, 3.8) is 0 Å². The fourth-order valence-electron chi connectivity index (χ4n) is 1.85. The van der Waals surface area contributed by atoms with Crippen molar-refractivity contribution in [3.05, 3.63) is 18.0 Å².